The van der Waals surface area contributed by atoms with E-state index in [0.717, 1.165) is 0 Å². The Morgan fingerprint density at radius 3 is 2.18 bits per heavy atom. The smallest absolute Gasteiger partial charge is 0.295 e. The summed E-state index contributed by atoms with van der Waals surface area (Å²) in [5.41, 5.74) is 6.28. The zero-order chi connectivity index (χ0) is 24.5. The molecular formula is C25H22N2O6S. The lowest BCUT2D eigenvalue weighted by Crippen LogP contribution is -2.31. The molecule has 0 fully saturated rings. The summed E-state index contributed by atoms with van der Waals surface area (Å²) in [4.78, 5) is 25.4. The predicted octanol–water partition coefficient (Wildman–Crippen LogP) is 3.52. The van der Waals surface area contributed by atoms with Gasteiger partial charge in [-0.25, -0.2) is 8.42 Å². The van der Waals surface area contributed by atoms with Crippen LogP contribution >= 0.6 is 0 Å². The molecule has 8 nitrogen and oxygen atoms in total. The standard InChI is InChI=1S/C25H22N2O6S/c1-2-33-19-14-10-16(11-15-19)21-23(34(31,32)20-6-4-3-5-7-20)22(28)25(30)27(21)18-12-8-17(9-13-18)24(26)29/h3-15,21,28H,2H2,1H3,(H2,26,29). The van der Waals surface area contributed by atoms with Crippen LogP contribution in [0, 0.1) is 0 Å². The number of carbonyl (C=O) groups is 2. The van der Waals surface area contributed by atoms with Crippen molar-refractivity contribution >= 4 is 27.3 Å². The first-order valence-corrected chi connectivity index (χ1v) is 11.9. The zero-order valence-corrected chi connectivity index (χ0v) is 19.0. The third-order valence-corrected chi connectivity index (χ3v) is 7.33. The Kier molecular flexibility index (Phi) is 6.12. The number of nitrogens with zero attached hydrogens (tertiary/aromatic N) is 1. The molecule has 4 rings (SSSR count). The second kappa shape index (κ2) is 9.03. The van der Waals surface area contributed by atoms with Crippen molar-refractivity contribution in [2.75, 3.05) is 11.5 Å². The van der Waals surface area contributed by atoms with Gasteiger partial charge in [-0.2, -0.15) is 0 Å². The van der Waals surface area contributed by atoms with Crippen LogP contribution in [0.2, 0.25) is 0 Å². The molecule has 1 aliphatic rings. The molecule has 3 aromatic carbocycles. The average molecular weight is 479 g/mol. The number of ether oxygens (including phenoxy) is 1. The maximum absolute atomic E-state index is 13.6. The van der Waals surface area contributed by atoms with Gasteiger partial charge < -0.3 is 15.6 Å². The minimum atomic E-state index is -4.24. The molecule has 3 aromatic rings. The number of nitrogens with two attached hydrogens (primary N) is 1. The lowest BCUT2D eigenvalue weighted by Gasteiger charge is -2.27. The van der Waals surface area contributed by atoms with Gasteiger partial charge in [-0.15, -0.1) is 0 Å². The van der Waals surface area contributed by atoms with Gasteiger partial charge in [0, 0.05) is 11.3 Å². The van der Waals surface area contributed by atoms with Crippen molar-refractivity contribution in [3.05, 3.63) is 101 Å². The number of benzene rings is 3. The van der Waals surface area contributed by atoms with E-state index in [0.29, 0.717) is 23.6 Å². The molecule has 0 aliphatic carbocycles. The number of aliphatic hydroxyl groups excluding tert-OH is 1. The third kappa shape index (κ3) is 4.01. The largest absolute Gasteiger partial charge is 0.502 e. The maximum Gasteiger partial charge on any atom is 0.295 e. The van der Waals surface area contributed by atoms with E-state index in [1.54, 1.807) is 42.5 Å². The number of anilines is 1. The van der Waals surface area contributed by atoms with E-state index >= 15 is 0 Å². The SMILES string of the molecule is CCOc1ccc(C2C(S(=O)(=O)c3ccccc3)=C(O)C(=O)N2c2ccc(C(N)=O)cc2)cc1. The van der Waals surface area contributed by atoms with Crippen LogP contribution in [0.15, 0.2) is 94.4 Å². The van der Waals surface area contributed by atoms with Crippen LogP contribution in [0.25, 0.3) is 0 Å². The maximum atomic E-state index is 13.6. The highest BCUT2D eigenvalue weighted by Gasteiger charge is 2.47. The van der Waals surface area contributed by atoms with E-state index in [2.05, 4.69) is 0 Å². The molecule has 0 saturated carbocycles. The summed E-state index contributed by atoms with van der Waals surface area (Å²) < 4.78 is 32.6. The fourth-order valence-corrected chi connectivity index (χ4v) is 5.50. The van der Waals surface area contributed by atoms with E-state index in [9.17, 15) is 23.1 Å². The van der Waals surface area contributed by atoms with Gasteiger partial charge in [0.15, 0.2) is 5.76 Å². The molecular weight excluding hydrogens is 456 g/mol. The van der Waals surface area contributed by atoms with Crippen molar-refractivity contribution in [1.29, 1.82) is 0 Å². The number of hydrogen-bond donors (Lipinski definition) is 2. The second-order valence-corrected chi connectivity index (χ2v) is 9.44. The number of hydrogen-bond acceptors (Lipinski definition) is 6. The Balaban J connectivity index is 1.89. The van der Waals surface area contributed by atoms with Gasteiger partial charge in [0.25, 0.3) is 5.91 Å². The van der Waals surface area contributed by atoms with Crippen molar-refractivity contribution in [2.24, 2.45) is 5.73 Å². The Morgan fingerprint density at radius 1 is 1.00 bits per heavy atom. The summed E-state index contributed by atoms with van der Waals surface area (Å²) in [5.74, 6) is -1.80. The molecule has 0 aromatic heterocycles. The van der Waals surface area contributed by atoms with E-state index in [1.807, 2.05) is 6.92 Å². The van der Waals surface area contributed by atoms with Crippen LogP contribution < -0.4 is 15.4 Å². The lowest BCUT2D eigenvalue weighted by molar-refractivity contribution is -0.117. The van der Waals surface area contributed by atoms with Crippen LogP contribution in [0.1, 0.15) is 28.9 Å². The molecule has 0 spiro atoms. The van der Waals surface area contributed by atoms with Gasteiger partial charge >= 0.3 is 0 Å². The highest BCUT2D eigenvalue weighted by molar-refractivity contribution is 7.95. The predicted molar refractivity (Wildman–Crippen MR) is 126 cm³/mol. The van der Waals surface area contributed by atoms with Gasteiger partial charge in [0.1, 0.15) is 16.7 Å². The average Bonchev–Trinajstić information content (AvgIpc) is 3.11. The van der Waals surface area contributed by atoms with Gasteiger partial charge in [-0.3, -0.25) is 14.5 Å². The normalized spacial score (nSPS) is 16.1. The number of amides is 2. The molecule has 1 aliphatic heterocycles. The van der Waals surface area contributed by atoms with Gasteiger partial charge in [0.2, 0.25) is 15.7 Å². The van der Waals surface area contributed by atoms with E-state index in [4.69, 9.17) is 10.5 Å². The molecule has 174 valence electrons. The van der Waals surface area contributed by atoms with Crippen LogP contribution in [0.3, 0.4) is 0 Å². The number of rotatable bonds is 7. The first-order valence-electron chi connectivity index (χ1n) is 10.4. The zero-order valence-electron chi connectivity index (χ0n) is 18.2. The second-order valence-electron chi connectivity index (χ2n) is 7.52. The Labute approximate surface area is 196 Å². The highest BCUT2D eigenvalue weighted by Crippen LogP contribution is 2.45. The molecule has 1 unspecified atom stereocenters. The molecule has 1 atom stereocenters. The van der Waals surface area contributed by atoms with Gasteiger partial charge in [-0.05, 0) is 61.0 Å². The Bertz CT molecular complexity index is 1370. The topological polar surface area (TPSA) is 127 Å². The minimum Gasteiger partial charge on any atom is -0.502 e. The summed E-state index contributed by atoms with van der Waals surface area (Å²) in [5, 5.41) is 10.8. The third-order valence-electron chi connectivity index (χ3n) is 5.44. The Morgan fingerprint density at radius 2 is 1.62 bits per heavy atom. The quantitative estimate of drug-likeness (QED) is 0.535. The van der Waals surface area contributed by atoms with Crippen LogP contribution in [-0.4, -0.2) is 31.9 Å². The fraction of sp³-hybridized carbons (Fsp3) is 0.120. The Hall–Kier alpha value is -4.11. The van der Waals surface area contributed by atoms with E-state index in [-0.39, 0.29) is 10.5 Å². The fourth-order valence-electron chi connectivity index (χ4n) is 3.85. The molecule has 3 N–H and O–H groups in total. The van der Waals surface area contributed by atoms with Crippen molar-refractivity contribution in [1.82, 2.24) is 0 Å². The summed E-state index contributed by atoms with van der Waals surface area (Å²) >= 11 is 0. The number of primary amides is 1. The van der Waals surface area contributed by atoms with Crippen molar-refractivity contribution in [2.45, 2.75) is 17.9 Å². The van der Waals surface area contributed by atoms with Crippen molar-refractivity contribution < 1.29 is 27.9 Å². The first-order chi connectivity index (χ1) is 16.3. The van der Waals surface area contributed by atoms with E-state index in [1.165, 1.54) is 41.3 Å². The van der Waals surface area contributed by atoms with Crippen LogP contribution in [0.4, 0.5) is 5.69 Å². The number of carbonyl (C=O) groups excluding carboxylic acids is 2. The lowest BCUT2D eigenvalue weighted by atomic mass is 10.1. The highest BCUT2D eigenvalue weighted by atomic mass is 32.2. The summed E-state index contributed by atoms with van der Waals surface area (Å²) in [6.45, 7) is 2.29. The van der Waals surface area contributed by atoms with Crippen LogP contribution in [-0.2, 0) is 14.6 Å². The van der Waals surface area contributed by atoms with Crippen LogP contribution in [0.5, 0.6) is 5.75 Å². The van der Waals surface area contributed by atoms with Crippen molar-refractivity contribution in [3.8, 4) is 5.75 Å². The molecule has 0 saturated heterocycles. The molecule has 1 heterocycles. The van der Waals surface area contributed by atoms with E-state index < -0.39 is 38.4 Å². The van der Waals surface area contributed by atoms with Gasteiger partial charge in [0.05, 0.1) is 11.5 Å². The molecule has 34 heavy (non-hydrogen) atoms. The first kappa shape index (κ1) is 23.1. The summed E-state index contributed by atoms with van der Waals surface area (Å²) in [7, 11) is -4.24. The van der Waals surface area contributed by atoms with Crippen molar-refractivity contribution in [3.63, 3.8) is 0 Å². The molecule has 0 bridgehead atoms. The molecule has 2 amide bonds. The minimum absolute atomic E-state index is 0.0498. The number of sulfone groups is 1. The monoisotopic (exact) mass is 478 g/mol. The molecule has 9 heteroatoms. The number of aliphatic hydroxyl groups is 1. The summed E-state index contributed by atoms with van der Waals surface area (Å²) in [6, 6.07) is 18.9. The van der Waals surface area contributed by atoms with Gasteiger partial charge in [-0.1, -0.05) is 30.3 Å². The summed E-state index contributed by atoms with van der Waals surface area (Å²) in [6.07, 6.45) is 0. The molecule has 0 radical (unpaired) electrons.